The second-order valence-electron chi connectivity index (χ2n) is 4.32. The predicted molar refractivity (Wildman–Crippen MR) is 71.1 cm³/mol. The van der Waals surface area contributed by atoms with Crippen LogP contribution in [0, 0.1) is 0 Å². The van der Waals surface area contributed by atoms with Gasteiger partial charge >= 0.3 is 0 Å². The molecule has 0 radical (unpaired) electrons. The molecule has 0 spiro atoms. The zero-order chi connectivity index (χ0) is 12.2. The van der Waals surface area contributed by atoms with Crippen LogP contribution in [0.2, 0.25) is 0 Å². The fourth-order valence-electron chi connectivity index (χ4n) is 2.08. The molecule has 0 aliphatic carbocycles. The van der Waals surface area contributed by atoms with Crippen molar-refractivity contribution in [3.05, 3.63) is 42.1 Å². The highest BCUT2D eigenvalue weighted by Crippen LogP contribution is 2.16. The number of hydrogen-bond donors (Lipinski definition) is 0. The van der Waals surface area contributed by atoms with Gasteiger partial charge < -0.3 is 9.32 Å². The molecule has 2 aromatic rings. The van der Waals surface area contributed by atoms with Crippen LogP contribution >= 0.6 is 0 Å². The Morgan fingerprint density at radius 3 is 2.83 bits per heavy atom. The lowest BCUT2D eigenvalue weighted by Crippen LogP contribution is -2.20. The maximum absolute atomic E-state index is 5.24. The van der Waals surface area contributed by atoms with Crippen molar-refractivity contribution in [2.24, 2.45) is 0 Å². The third-order valence-electron chi connectivity index (χ3n) is 3.01. The van der Waals surface area contributed by atoms with Gasteiger partial charge in [-0.3, -0.25) is 0 Å². The molecule has 4 heteroatoms. The number of rotatable bonds is 3. The largest absolute Gasteiger partial charge is 0.465 e. The van der Waals surface area contributed by atoms with E-state index >= 15 is 0 Å². The van der Waals surface area contributed by atoms with E-state index < -0.39 is 0 Å². The Balaban J connectivity index is 1.78. The minimum Gasteiger partial charge on any atom is -0.465 e. The number of furan rings is 1. The summed E-state index contributed by atoms with van der Waals surface area (Å²) in [6.45, 7) is 2.12. The average Bonchev–Trinajstić information content (AvgIpc) is 3.10. The lowest BCUT2D eigenvalue weighted by Gasteiger charge is -2.14. The molecular weight excluding hydrogens is 226 g/mol. The molecule has 1 fully saturated rings. The maximum atomic E-state index is 5.24. The second-order valence-corrected chi connectivity index (χ2v) is 4.32. The van der Waals surface area contributed by atoms with E-state index in [1.54, 1.807) is 6.26 Å². The Kier molecular flexibility index (Phi) is 3.08. The number of anilines is 1. The third-order valence-corrected chi connectivity index (χ3v) is 3.01. The lowest BCUT2D eigenvalue weighted by atomic mass is 10.3. The quantitative estimate of drug-likeness (QED) is 0.828. The fourth-order valence-corrected chi connectivity index (χ4v) is 2.08. The molecule has 4 nitrogen and oxygen atoms in total. The summed E-state index contributed by atoms with van der Waals surface area (Å²) in [5.41, 5.74) is 0.906. The van der Waals surface area contributed by atoms with Gasteiger partial charge in [-0.15, -0.1) is 0 Å². The normalized spacial score (nSPS) is 15.7. The van der Waals surface area contributed by atoms with Gasteiger partial charge in [-0.25, -0.2) is 9.97 Å². The summed E-state index contributed by atoms with van der Waals surface area (Å²) in [5.74, 6) is 1.66. The molecule has 1 aliphatic rings. The van der Waals surface area contributed by atoms with Crippen molar-refractivity contribution in [3.8, 4) is 0 Å². The first-order valence-corrected chi connectivity index (χ1v) is 6.21. The average molecular weight is 241 g/mol. The van der Waals surface area contributed by atoms with Crippen LogP contribution in [0.15, 0.2) is 35.1 Å². The van der Waals surface area contributed by atoms with Crippen molar-refractivity contribution in [2.75, 3.05) is 18.0 Å². The first kappa shape index (κ1) is 11.0. The van der Waals surface area contributed by atoms with E-state index in [2.05, 4.69) is 14.9 Å². The van der Waals surface area contributed by atoms with Crippen LogP contribution in [0.3, 0.4) is 0 Å². The van der Waals surface area contributed by atoms with E-state index in [1.165, 1.54) is 12.8 Å². The molecule has 0 unspecified atom stereocenters. The molecule has 3 heterocycles. The Morgan fingerprint density at radius 1 is 1.17 bits per heavy atom. The van der Waals surface area contributed by atoms with Crippen molar-refractivity contribution in [1.29, 1.82) is 0 Å². The monoisotopic (exact) mass is 241 g/mol. The van der Waals surface area contributed by atoms with E-state index in [0.717, 1.165) is 30.5 Å². The van der Waals surface area contributed by atoms with E-state index in [4.69, 9.17) is 4.42 Å². The topological polar surface area (TPSA) is 42.2 Å². The summed E-state index contributed by atoms with van der Waals surface area (Å²) >= 11 is 0. The molecule has 0 aromatic carbocycles. The molecule has 92 valence electrons. The van der Waals surface area contributed by atoms with Gasteiger partial charge in [0.1, 0.15) is 5.76 Å². The van der Waals surface area contributed by atoms with Crippen molar-refractivity contribution >= 4 is 18.1 Å². The van der Waals surface area contributed by atoms with E-state index in [0.29, 0.717) is 0 Å². The van der Waals surface area contributed by atoms with Gasteiger partial charge in [0.25, 0.3) is 0 Å². The molecule has 1 aliphatic heterocycles. The van der Waals surface area contributed by atoms with Gasteiger partial charge in [-0.1, -0.05) is 0 Å². The van der Waals surface area contributed by atoms with Crippen LogP contribution in [-0.4, -0.2) is 23.1 Å². The first-order valence-electron chi connectivity index (χ1n) is 6.21. The molecule has 0 atom stereocenters. The molecule has 0 N–H and O–H groups in total. The van der Waals surface area contributed by atoms with Gasteiger partial charge in [-0.05, 0) is 43.2 Å². The minimum absolute atomic E-state index is 0.828. The number of nitrogens with zero attached hydrogens (tertiary/aromatic N) is 3. The third kappa shape index (κ3) is 2.42. The van der Waals surface area contributed by atoms with E-state index in [1.807, 2.05) is 36.5 Å². The zero-order valence-electron chi connectivity index (χ0n) is 10.1. The maximum Gasteiger partial charge on any atom is 0.225 e. The van der Waals surface area contributed by atoms with Gasteiger partial charge in [0.05, 0.1) is 12.0 Å². The lowest BCUT2D eigenvalue weighted by molar-refractivity contribution is 0.557. The Labute approximate surface area is 106 Å². The zero-order valence-corrected chi connectivity index (χ0v) is 10.1. The molecule has 0 amide bonds. The minimum atomic E-state index is 0.828. The van der Waals surface area contributed by atoms with Crippen molar-refractivity contribution in [1.82, 2.24) is 9.97 Å². The molecule has 18 heavy (non-hydrogen) atoms. The first-order chi connectivity index (χ1) is 8.92. The summed E-state index contributed by atoms with van der Waals surface area (Å²) in [6.07, 6.45) is 9.79. The highest BCUT2D eigenvalue weighted by molar-refractivity contribution is 5.65. The molecule has 2 aromatic heterocycles. The summed E-state index contributed by atoms with van der Waals surface area (Å²) < 4.78 is 5.24. The van der Waals surface area contributed by atoms with Crippen LogP contribution in [0.5, 0.6) is 0 Å². The summed E-state index contributed by atoms with van der Waals surface area (Å²) in [4.78, 5) is 11.1. The van der Waals surface area contributed by atoms with Crippen LogP contribution < -0.4 is 4.90 Å². The highest BCUT2D eigenvalue weighted by atomic mass is 16.3. The smallest absolute Gasteiger partial charge is 0.225 e. The standard InChI is InChI=1S/C14H15N3O/c1-2-10-17(9-1)14-15-8-7-12(16-14)5-6-13-4-3-11-18-13/h3-8,11H,1-2,9-10H2/b6-5+. The van der Waals surface area contributed by atoms with Crippen LogP contribution in [0.4, 0.5) is 5.95 Å². The summed E-state index contributed by atoms with van der Waals surface area (Å²) in [7, 11) is 0. The van der Waals surface area contributed by atoms with Gasteiger partial charge in [0.2, 0.25) is 5.95 Å². The van der Waals surface area contributed by atoms with Crippen LogP contribution in [0.25, 0.3) is 12.2 Å². The Bertz CT molecular complexity index is 528. The fraction of sp³-hybridized carbons (Fsp3) is 0.286. The predicted octanol–water partition coefficient (Wildman–Crippen LogP) is 2.84. The SMILES string of the molecule is C(=C\c1ccco1)/c1ccnc(N2CCCC2)n1. The molecule has 3 rings (SSSR count). The van der Waals surface area contributed by atoms with Gasteiger partial charge in [0.15, 0.2) is 0 Å². The Morgan fingerprint density at radius 2 is 2.06 bits per heavy atom. The molecule has 1 saturated heterocycles. The second kappa shape index (κ2) is 5.04. The van der Waals surface area contributed by atoms with Crippen molar-refractivity contribution in [3.63, 3.8) is 0 Å². The molecule has 0 bridgehead atoms. The summed E-state index contributed by atoms with van der Waals surface area (Å²) in [5, 5.41) is 0. The number of aromatic nitrogens is 2. The van der Waals surface area contributed by atoms with Crippen LogP contribution in [-0.2, 0) is 0 Å². The van der Waals surface area contributed by atoms with Crippen molar-refractivity contribution < 1.29 is 4.42 Å². The van der Waals surface area contributed by atoms with Crippen molar-refractivity contribution in [2.45, 2.75) is 12.8 Å². The number of hydrogen-bond acceptors (Lipinski definition) is 4. The molecular formula is C14H15N3O. The Hall–Kier alpha value is -2.10. The van der Waals surface area contributed by atoms with Gasteiger partial charge in [0, 0.05) is 19.3 Å². The van der Waals surface area contributed by atoms with E-state index in [9.17, 15) is 0 Å². The van der Waals surface area contributed by atoms with Gasteiger partial charge in [-0.2, -0.15) is 0 Å². The highest BCUT2D eigenvalue weighted by Gasteiger charge is 2.14. The van der Waals surface area contributed by atoms with Crippen LogP contribution in [0.1, 0.15) is 24.3 Å². The van der Waals surface area contributed by atoms with E-state index in [-0.39, 0.29) is 0 Å². The molecule has 0 saturated carbocycles. The summed E-state index contributed by atoms with van der Waals surface area (Å²) in [6, 6.07) is 5.69.